The molecule has 4 heteroatoms. The van der Waals surface area contributed by atoms with E-state index in [0.29, 0.717) is 5.56 Å². The van der Waals surface area contributed by atoms with E-state index in [0.717, 1.165) is 24.0 Å². The largest absolute Gasteiger partial charge is 0.479 e. The molecule has 1 N–H and O–H groups in total. The summed E-state index contributed by atoms with van der Waals surface area (Å²) in [6.07, 6.45) is 1.76. The maximum Gasteiger partial charge on any atom is 0.334 e. The first kappa shape index (κ1) is 14.6. The number of rotatable bonds is 4. The summed E-state index contributed by atoms with van der Waals surface area (Å²) in [5.74, 6) is -1.17. The predicted octanol–water partition coefficient (Wildman–Crippen LogP) is 2.61. The molecule has 1 aromatic rings. The van der Waals surface area contributed by atoms with Crippen LogP contribution in [0.1, 0.15) is 43.4 Å². The summed E-state index contributed by atoms with van der Waals surface area (Å²) < 4.78 is 0. The van der Waals surface area contributed by atoms with Gasteiger partial charge in [-0.3, -0.25) is 4.79 Å². The number of hydrogen-bond acceptors (Lipinski definition) is 2. The summed E-state index contributed by atoms with van der Waals surface area (Å²) >= 11 is 0. The van der Waals surface area contributed by atoms with Crippen molar-refractivity contribution in [2.75, 3.05) is 0 Å². The average Bonchev–Trinajstić information content (AvgIpc) is 3.16. The number of carbonyl (C=O) groups is 2. The van der Waals surface area contributed by atoms with Crippen LogP contribution in [-0.4, -0.2) is 27.9 Å². The van der Waals surface area contributed by atoms with E-state index in [2.05, 4.69) is 0 Å². The van der Waals surface area contributed by atoms with Crippen LogP contribution in [0.25, 0.3) is 0 Å². The standard InChI is InChI=1S/C16H21NO3/c1-10-5-6-13(9-11(10)2)16(4,15(19)20)17(12(3)18)14-7-8-14/h5-6,9,14H,7-8H2,1-4H3,(H,19,20). The summed E-state index contributed by atoms with van der Waals surface area (Å²) in [5, 5.41) is 9.75. The van der Waals surface area contributed by atoms with E-state index >= 15 is 0 Å². The van der Waals surface area contributed by atoms with Crippen molar-refractivity contribution in [3.63, 3.8) is 0 Å². The Bertz CT molecular complexity index is 563. The van der Waals surface area contributed by atoms with Gasteiger partial charge >= 0.3 is 5.97 Å². The maximum atomic E-state index is 12.0. The zero-order valence-corrected chi connectivity index (χ0v) is 12.4. The number of hydrogen-bond donors (Lipinski definition) is 1. The Labute approximate surface area is 119 Å². The number of carboxylic acids is 1. The first-order valence-electron chi connectivity index (χ1n) is 6.89. The molecular weight excluding hydrogens is 254 g/mol. The smallest absolute Gasteiger partial charge is 0.334 e. The fraction of sp³-hybridized carbons (Fsp3) is 0.500. The monoisotopic (exact) mass is 275 g/mol. The number of aliphatic carboxylic acids is 1. The third-order valence-electron chi connectivity index (χ3n) is 4.22. The van der Waals surface area contributed by atoms with Crippen LogP contribution in [0.5, 0.6) is 0 Å². The lowest BCUT2D eigenvalue weighted by molar-refractivity contribution is -0.159. The van der Waals surface area contributed by atoms with Crippen molar-refractivity contribution in [1.82, 2.24) is 4.90 Å². The van der Waals surface area contributed by atoms with Gasteiger partial charge < -0.3 is 10.0 Å². The molecule has 20 heavy (non-hydrogen) atoms. The van der Waals surface area contributed by atoms with Crippen molar-refractivity contribution in [3.05, 3.63) is 34.9 Å². The number of aryl methyl sites for hydroxylation is 2. The summed E-state index contributed by atoms with van der Waals surface area (Å²) in [5.41, 5.74) is 1.51. The molecule has 4 nitrogen and oxygen atoms in total. The second-order valence-electron chi connectivity index (χ2n) is 5.80. The lowest BCUT2D eigenvalue weighted by atomic mass is 9.87. The minimum atomic E-state index is -1.30. The van der Waals surface area contributed by atoms with Crippen LogP contribution in [0.4, 0.5) is 0 Å². The van der Waals surface area contributed by atoms with Gasteiger partial charge in [0.2, 0.25) is 5.91 Å². The highest BCUT2D eigenvalue weighted by molar-refractivity contribution is 5.87. The van der Waals surface area contributed by atoms with E-state index < -0.39 is 11.5 Å². The molecule has 1 aliphatic carbocycles. The zero-order valence-electron chi connectivity index (χ0n) is 12.4. The van der Waals surface area contributed by atoms with E-state index in [1.165, 1.54) is 11.8 Å². The Balaban J connectivity index is 2.55. The molecule has 1 unspecified atom stereocenters. The van der Waals surface area contributed by atoms with E-state index in [1.54, 1.807) is 6.92 Å². The van der Waals surface area contributed by atoms with Gasteiger partial charge in [-0.2, -0.15) is 0 Å². The lowest BCUT2D eigenvalue weighted by Gasteiger charge is -2.38. The fourth-order valence-corrected chi connectivity index (χ4v) is 2.68. The minimum Gasteiger partial charge on any atom is -0.479 e. The van der Waals surface area contributed by atoms with E-state index in [-0.39, 0.29) is 11.9 Å². The van der Waals surface area contributed by atoms with Gasteiger partial charge in [-0.25, -0.2) is 4.79 Å². The molecule has 0 spiro atoms. The van der Waals surface area contributed by atoms with Gasteiger partial charge in [0.05, 0.1) is 0 Å². The van der Waals surface area contributed by atoms with Crippen LogP contribution >= 0.6 is 0 Å². The Morgan fingerprint density at radius 3 is 2.25 bits per heavy atom. The molecule has 0 heterocycles. The van der Waals surface area contributed by atoms with Crippen LogP contribution in [0.3, 0.4) is 0 Å². The van der Waals surface area contributed by atoms with Crippen molar-refractivity contribution < 1.29 is 14.7 Å². The molecule has 1 aliphatic rings. The van der Waals surface area contributed by atoms with Crippen LogP contribution in [0.15, 0.2) is 18.2 Å². The van der Waals surface area contributed by atoms with Crippen molar-refractivity contribution in [2.45, 2.75) is 52.1 Å². The van der Waals surface area contributed by atoms with Crippen molar-refractivity contribution >= 4 is 11.9 Å². The van der Waals surface area contributed by atoms with Crippen molar-refractivity contribution in [3.8, 4) is 0 Å². The zero-order chi connectivity index (χ0) is 15.1. The predicted molar refractivity (Wildman–Crippen MR) is 76.4 cm³/mol. The average molecular weight is 275 g/mol. The lowest BCUT2D eigenvalue weighted by Crippen LogP contribution is -2.53. The van der Waals surface area contributed by atoms with Gasteiger partial charge in [-0.1, -0.05) is 18.2 Å². The molecule has 1 atom stereocenters. The van der Waals surface area contributed by atoms with Crippen molar-refractivity contribution in [2.24, 2.45) is 0 Å². The quantitative estimate of drug-likeness (QED) is 0.919. The number of carbonyl (C=O) groups excluding carboxylic acids is 1. The number of benzene rings is 1. The van der Waals surface area contributed by atoms with Crippen LogP contribution < -0.4 is 0 Å². The maximum absolute atomic E-state index is 12.0. The topological polar surface area (TPSA) is 57.6 Å². The number of amides is 1. The molecule has 2 rings (SSSR count). The summed E-state index contributed by atoms with van der Waals surface area (Å²) in [6, 6.07) is 5.66. The van der Waals surface area contributed by atoms with Gasteiger partial charge in [0.1, 0.15) is 0 Å². The Kier molecular flexibility index (Phi) is 3.59. The van der Waals surface area contributed by atoms with Gasteiger partial charge in [0.25, 0.3) is 0 Å². The second-order valence-corrected chi connectivity index (χ2v) is 5.80. The van der Waals surface area contributed by atoms with Gasteiger partial charge in [-0.05, 0) is 50.3 Å². The first-order chi connectivity index (χ1) is 9.28. The van der Waals surface area contributed by atoms with Gasteiger partial charge in [-0.15, -0.1) is 0 Å². The third kappa shape index (κ3) is 2.30. The molecule has 0 saturated heterocycles. The molecule has 0 bridgehead atoms. The summed E-state index contributed by atoms with van der Waals surface area (Å²) in [4.78, 5) is 25.4. The van der Waals surface area contributed by atoms with Gasteiger partial charge in [0.15, 0.2) is 5.54 Å². The fourth-order valence-electron chi connectivity index (χ4n) is 2.68. The molecule has 0 aliphatic heterocycles. The Hall–Kier alpha value is -1.84. The highest BCUT2D eigenvalue weighted by atomic mass is 16.4. The van der Waals surface area contributed by atoms with Crippen LogP contribution in [0, 0.1) is 13.8 Å². The molecule has 0 aromatic heterocycles. The molecule has 1 amide bonds. The SMILES string of the molecule is CC(=O)N(C1CC1)C(C)(C(=O)O)c1ccc(C)c(C)c1. The molecular formula is C16H21NO3. The molecule has 1 fully saturated rings. The summed E-state index contributed by atoms with van der Waals surface area (Å²) in [7, 11) is 0. The van der Waals surface area contributed by atoms with E-state index in [1.807, 2.05) is 32.0 Å². The molecule has 1 aromatic carbocycles. The van der Waals surface area contributed by atoms with E-state index in [4.69, 9.17) is 0 Å². The highest BCUT2D eigenvalue weighted by Crippen LogP contribution is 2.39. The molecule has 0 radical (unpaired) electrons. The van der Waals surface area contributed by atoms with E-state index in [9.17, 15) is 14.7 Å². The van der Waals surface area contributed by atoms with Crippen LogP contribution in [0.2, 0.25) is 0 Å². The highest BCUT2D eigenvalue weighted by Gasteiger charge is 2.49. The normalized spacial score (nSPS) is 17.4. The van der Waals surface area contributed by atoms with Crippen LogP contribution in [-0.2, 0) is 15.1 Å². The Morgan fingerprint density at radius 1 is 1.25 bits per heavy atom. The first-order valence-corrected chi connectivity index (χ1v) is 6.89. The Morgan fingerprint density at radius 2 is 1.85 bits per heavy atom. The van der Waals surface area contributed by atoms with Gasteiger partial charge in [0, 0.05) is 13.0 Å². The summed E-state index contributed by atoms with van der Waals surface area (Å²) in [6.45, 7) is 7.01. The number of nitrogens with zero attached hydrogens (tertiary/aromatic N) is 1. The molecule has 108 valence electrons. The molecule has 1 saturated carbocycles. The third-order valence-corrected chi connectivity index (χ3v) is 4.22. The van der Waals surface area contributed by atoms with Crippen molar-refractivity contribution in [1.29, 1.82) is 0 Å². The minimum absolute atomic E-state index is 0.0511. The number of carboxylic acid groups (broad SMARTS) is 1. The second kappa shape index (κ2) is 4.93.